The zero-order valence-corrected chi connectivity index (χ0v) is 23.4. The van der Waals surface area contributed by atoms with Crippen LogP contribution in [0.2, 0.25) is 0 Å². The van der Waals surface area contributed by atoms with Gasteiger partial charge in [-0.25, -0.2) is 19.6 Å². The highest BCUT2D eigenvalue weighted by molar-refractivity contribution is 7.13. The van der Waals surface area contributed by atoms with E-state index in [1.54, 1.807) is 29.8 Å². The molecule has 0 bridgehead atoms. The van der Waals surface area contributed by atoms with Gasteiger partial charge in [-0.3, -0.25) is 14.6 Å². The second-order valence-corrected chi connectivity index (χ2v) is 10.3. The number of aromatic nitrogens is 3. The normalized spacial score (nSPS) is 14.6. The van der Waals surface area contributed by atoms with E-state index in [1.165, 1.54) is 28.2 Å². The summed E-state index contributed by atoms with van der Waals surface area (Å²) < 4.78 is 6.86. The van der Waals surface area contributed by atoms with Crippen molar-refractivity contribution in [1.29, 1.82) is 0 Å². The Bertz CT molecular complexity index is 1360. The molecular weight excluding hydrogens is 516 g/mol. The van der Waals surface area contributed by atoms with Crippen LogP contribution in [0.3, 0.4) is 0 Å². The molecule has 1 aromatic carbocycles. The van der Waals surface area contributed by atoms with Gasteiger partial charge in [0.1, 0.15) is 11.5 Å². The zero-order valence-electron chi connectivity index (χ0n) is 22.6. The molecule has 2 aromatic heterocycles. The summed E-state index contributed by atoms with van der Waals surface area (Å²) in [4.78, 5) is 50.4. The number of hydrogen-bond acceptors (Lipinski definition) is 8. The summed E-state index contributed by atoms with van der Waals surface area (Å²) in [5.41, 5.74) is 8.88. The van der Waals surface area contributed by atoms with Gasteiger partial charge in [-0.2, -0.15) is 0 Å². The molecule has 1 aliphatic rings. The van der Waals surface area contributed by atoms with E-state index in [2.05, 4.69) is 21.5 Å². The SMILES string of the molecule is CCCCc1ncc(/C=C2/C(=O)N(CCCC)C(=O)N2Cc2csc(N)n2)n1Cc1ccc(C(=O)OC)cc1. The molecule has 3 heterocycles. The van der Waals surface area contributed by atoms with E-state index in [0.29, 0.717) is 29.5 Å². The van der Waals surface area contributed by atoms with Gasteiger partial charge in [0.15, 0.2) is 5.13 Å². The molecule has 0 aliphatic carbocycles. The number of rotatable bonds is 12. The van der Waals surface area contributed by atoms with E-state index in [4.69, 9.17) is 10.5 Å². The average Bonchev–Trinajstić information content (AvgIpc) is 3.59. The molecule has 0 atom stereocenters. The molecule has 2 N–H and O–H groups in total. The number of carbonyl (C=O) groups excluding carboxylic acids is 3. The lowest BCUT2D eigenvalue weighted by Crippen LogP contribution is -2.33. The number of ether oxygens (including phenoxy) is 1. The summed E-state index contributed by atoms with van der Waals surface area (Å²) in [5.74, 6) is 0.165. The Hall–Kier alpha value is -3.99. The van der Waals surface area contributed by atoms with Crippen molar-refractivity contribution in [2.45, 2.75) is 59.0 Å². The highest BCUT2D eigenvalue weighted by Gasteiger charge is 2.41. The first kappa shape index (κ1) is 28.0. The molecule has 0 radical (unpaired) electrons. The van der Waals surface area contributed by atoms with Gasteiger partial charge in [-0.15, -0.1) is 11.3 Å². The number of imide groups is 1. The van der Waals surface area contributed by atoms with Crippen molar-refractivity contribution >= 4 is 40.5 Å². The van der Waals surface area contributed by atoms with Crippen LogP contribution >= 0.6 is 11.3 Å². The minimum Gasteiger partial charge on any atom is -0.465 e. The smallest absolute Gasteiger partial charge is 0.337 e. The molecule has 0 unspecified atom stereocenters. The lowest BCUT2D eigenvalue weighted by molar-refractivity contribution is -0.123. The van der Waals surface area contributed by atoms with Gasteiger partial charge >= 0.3 is 12.0 Å². The van der Waals surface area contributed by atoms with Crippen LogP contribution in [0.1, 0.15) is 72.7 Å². The van der Waals surface area contributed by atoms with Crippen LogP contribution in [0.25, 0.3) is 6.08 Å². The van der Waals surface area contributed by atoms with Crippen LogP contribution < -0.4 is 5.73 Å². The molecule has 1 saturated heterocycles. The largest absolute Gasteiger partial charge is 0.465 e. The lowest BCUT2D eigenvalue weighted by Gasteiger charge is -2.16. The number of aryl methyl sites for hydroxylation is 1. The van der Waals surface area contributed by atoms with Gasteiger partial charge in [0.05, 0.1) is 36.8 Å². The molecular formula is C28H34N6O4S. The number of anilines is 1. The number of amides is 3. The number of methoxy groups -OCH3 is 1. The monoisotopic (exact) mass is 550 g/mol. The fourth-order valence-electron chi connectivity index (χ4n) is 4.40. The van der Waals surface area contributed by atoms with Crippen molar-refractivity contribution in [3.8, 4) is 0 Å². The standard InChI is InChI=1S/C28H34N6O4S/c1-4-6-8-24-30-15-22(33(24)16-19-9-11-20(12-10-19)26(36)38-3)14-23-25(35)32(13-7-5-2)28(37)34(23)17-21-18-39-27(29)31-21/h9-12,14-15,18H,4-8,13,16-17H2,1-3H3,(H2,29,31)/b23-14-. The summed E-state index contributed by atoms with van der Waals surface area (Å²) in [5, 5.41) is 2.21. The number of benzene rings is 1. The molecule has 1 aliphatic heterocycles. The summed E-state index contributed by atoms with van der Waals surface area (Å²) in [6.07, 6.45) is 7.83. The zero-order chi connectivity index (χ0) is 27.9. The number of hydrogen-bond donors (Lipinski definition) is 1. The van der Waals surface area contributed by atoms with Gasteiger partial charge in [-0.1, -0.05) is 38.8 Å². The molecule has 39 heavy (non-hydrogen) atoms. The van der Waals surface area contributed by atoms with E-state index < -0.39 is 5.97 Å². The van der Waals surface area contributed by atoms with Crippen molar-refractivity contribution in [3.63, 3.8) is 0 Å². The summed E-state index contributed by atoms with van der Waals surface area (Å²) in [6, 6.07) is 6.86. The van der Waals surface area contributed by atoms with E-state index in [1.807, 2.05) is 19.1 Å². The Morgan fingerprint density at radius 2 is 1.82 bits per heavy atom. The molecule has 0 spiro atoms. The van der Waals surface area contributed by atoms with Gasteiger partial charge in [0.25, 0.3) is 5.91 Å². The molecule has 11 heteroatoms. The third kappa shape index (κ3) is 6.36. The van der Waals surface area contributed by atoms with Crippen molar-refractivity contribution in [1.82, 2.24) is 24.3 Å². The molecule has 4 rings (SSSR count). The molecule has 0 saturated carbocycles. The number of thiazole rings is 1. The third-order valence-electron chi connectivity index (χ3n) is 6.57. The van der Waals surface area contributed by atoms with Crippen LogP contribution in [0, 0.1) is 0 Å². The molecule has 10 nitrogen and oxygen atoms in total. The van der Waals surface area contributed by atoms with E-state index in [9.17, 15) is 14.4 Å². The van der Waals surface area contributed by atoms with Crippen molar-refractivity contribution < 1.29 is 19.1 Å². The van der Waals surface area contributed by atoms with E-state index >= 15 is 0 Å². The fraction of sp³-hybridized carbons (Fsp3) is 0.393. The Kier molecular flexibility index (Phi) is 9.13. The predicted octanol–water partition coefficient (Wildman–Crippen LogP) is 4.70. The maximum Gasteiger partial charge on any atom is 0.337 e. The highest BCUT2D eigenvalue weighted by atomic mass is 32.1. The lowest BCUT2D eigenvalue weighted by atomic mass is 10.1. The highest BCUT2D eigenvalue weighted by Crippen LogP contribution is 2.28. The van der Waals surface area contributed by atoms with Gasteiger partial charge in [0.2, 0.25) is 0 Å². The number of nitrogens with two attached hydrogens (primary N) is 1. The number of unbranched alkanes of at least 4 members (excludes halogenated alkanes) is 2. The third-order valence-corrected chi connectivity index (χ3v) is 7.29. The van der Waals surface area contributed by atoms with Crippen molar-refractivity contribution in [3.05, 3.63) is 69.9 Å². The molecule has 206 valence electrons. The average molecular weight is 551 g/mol. The Morgan fingerprint density at radius 1 is 1.08 bits per heavy atom. The maximum absolute atomic E-state index is 13.5. The number of imidazole rings is 1. The number of nitrogen functional groups attached to an aromatic ring is 1. The minimum atomic E-state index is -0.391. The fourth-order valence-corrected chi connectivity index (χ4v) is 4.95. The van der Waals surface area contributed by atoms with Gasteiger partial charge < -0.3 is 15.0 Å². The second-order valence-electron chi connectivity index (χ2n) is 9.36. The second kappa shape index (κ2) is 12.7. The van der Waals surface area contributed by atoms with Crippen LogP contribution in [0.5, 0.6) is 0 Å². The Balaban J connectivity index is 1.71. The minimum absolute atomic E-state index is 0.151. The van der Waals surface area contributed by atoms with E-state index in [-0.39, 0.29) is 24.2 Å². The maximum atomic E-state index is 13.5. The van der Waals surface area contributed by atoms with Gasteiger partial charge in [-0.05, 0) is 36.6 Å². The number of esters is 1. The summed E-state index contributed by atoms with van der Waals surface area (Å²) >= 11 is 1.30. The predicted molar refractivity (Wildman–Crippen MR) is 150 cm³/mol. The van der Waals surface area contributed by atoms with Crippen LogP contribution in [0.4, 0.5) is 9.93 Å². The van der Waals surface area contributed by atoms with Gasteiger partial charge in [0, 0.05) is 24.9 Å². The van der Waals surface area contributed by atoms with Crippen LogP contribution in [0.15, 0.2) is 41.5 Å². The van der Waals surface area contributed by atoms with Crippen molar-refractivity contribution in [2.24, 2.45) is 0 Å². The first-order valence-corrected chi connectivity index (χ1v) is 14.0. The van der Waals surface area contributed by atoms with Crippen molar-refractivity contribution in [2.75, 3.05) is 19.4 Å². The summed E-state index contributed by atoms with van der Waals surface area (Å²) in [6.45, 7) is 5.14. The van der Waals surface area contributed by atoms with E-state index in [0.717, 1.165) is 49.2 Å². The molecule has 1 fully saturated rings. The first-order valence-electron chi connectivity index (χ1n) is 13.1. The molecule has 3 amide bonds. The number of nitrogens with zero attached hydrogens (tertiary/aromatic N) is 5. The molecule has 3 aromatic rings. The first-order chi connectivity index (χ1) is 18.9. The number of urea groups is 1. The quantitative estimate of drug-likeness (QED) is 0.197. The van der Waals surface area contributed by atoms with Crippen LogP contribution in [-0.4, -0.2) is 55.9 Å². The number of carbonyl (C=O) groups is 3. The topological polar surface area (TPSA) is 124 Å². The van der Waals surface area contributed by atoms with Crippen LogP contribution in [-0.2, 0) is 29.0 Å². The Morgan fingerprint density at radius 3 is 2.46 bits per heavy atom. The Labute approximate surface area is 232 Å². The summed E-state index contributed by atoms with van der Waals surface area (Å²) in [7, 11) is 1.35.